The van der Waals surface area contributed by atoms with Crippen molar-refractivity contribution in [1.29, 1.82) is 0 Å². The van der Waals surface area contributed by atoms with Crippen LogP contribution in [0.15, 0.2) is 54.6 Å². The van der Waals surface area contributed by atoms with E-state index in [2.05, 4.69) is 5.32 Å². The van der Waals surface area contributed by atoms with Crippen LogP contribution in [-0.4, -0.2) is 39.8 Å². The molecule has 2 aromatic carbocycles. The Balaban J connectivity index is 1.86. The van der Waals surface area contributed by atoms with E-state index in [4.69, 9.17) is 4.74 Å². The molecule has 0 aliphatic rings. The Labute approximate surface area is 161 Å². The standard InChI is InChI=1S/C20H26N2O4S/c1-16(2)26-19-11-9-18(10-12-19)22(3)27(24,25)14-13-21-20(23)15-17-7-5-4-6-8-17/h4-12,16H,13-15H2,1-3H3,(H,21,23). The SMILES string of the molecule is CC(C)Oc1ccc(N(C)S(=O)(=O)CCNC(=O)Cc2ccccc2)cc1. The molecule has 146 valence electrons. The number of carbonyl (C=O) groups excluding carboxylic acids is 1. The Morgan fingerprint density at radius 2 is 1.70 bits per heavy atom. The number of rotatable bonds is 9. The number of sulfonamides is 1. The average Bonchev–Trinajstić information content (AvgIpc) is 2.62. The monoisotopic (exact) mass is 390 g/mol. The molecule has 0 unspecified atom stereocenters. The second kappa shape index (κ2) is 9.41. The van der Waals surface area contributed by atoms with Crippen LogP contribution in [0.1, 0.15) is 19.4 Å². The van der Waals surface area contributed by atoms with Crippen LogP contribution < -0.4 is 14.4 Å². The molecule has 0 saturated carbocycles. The Morgan fingerprint density at radius 3 is 2.30 bits per heavy atom. The van der Waals surface area contributed by atoms with Crippen molar-refractivity contribution in [1.82, 2.24) is 5.32 Å². The van der Waals surface area contributed by atoms with Crippen LogP contribution in [0, 0.1) is 0 Å². The van der Waals surface area contributed by atoms with Crippen LogP contribution in [0.4, 0.5) is 5.69 Å². The zero-order valence-corrected chi connectivity index (χ0v) is 16.7. The summed E-state index contributed by atoms with van der Waals surface area (Å²) in [5.74, 6) is 0.316. The lowest BCUT2D eigenvalue weighted by atomic mass is 10.1. The van der Waals surface area contributed by atoms with Gasteiger partial charge in [0.15, 0.2) is 0 Å². The van der Waals surface area contributed by atoms with E-state index in [0.717, 1.165) is 5.56 Å². The normalized spacial score (nSPS) is 11.3. The minimum Gasteiger partial charge on any atom is -0.491 e. The van der Waals surface area contributed by atoms with Gasteiger partial charge in [0.1, 0.15) is 5.75 Å². The molecule has 0 fully saturated rings. The number of anilines is 1. The molecular formula is C20H26N2O4S. The molecule has 1 amide bonds. The van der Waals surface area contributed by atoms with Gasteiger partial charge < -0.3 is 10.1 Å². The first kappa shape index (κ1) is 20.8. The zero-order chi connectivity index (χ0) is 19.9. The molecule has 7 heteroatoms. The van der Waals surface area contributed by atoms with Crippen LogP contribution in [0.25, 0.3) is 0 Å². The topological polar surface area (TPSA) is 75.7 Å². The van der Waals surface area contributed by atoms with Gasteiger partial charge in [-0.3, -0.25) is 9.10 Å². The summed E-state index contributed by atoms with van der Waals surface area (Å²) >= 11 is 0. The maximum atomic E-state index is 12.5. The molecule has 0 saturated heterocycles. The molecule has 2 rings (SSSR count). The minimum atomic E-state index is -3.54. The predicted molar refractivity (Wildman–Crippen MR) is 108 cm³/mol. The molecule has 0 aliphatic heterocycles. The number of nitrogens with zero attached hydrogens (tertiary/aromatic N) is 1. The fraction of sp³-hybridized carbons (Fsp3) is 0.350. The van der Waals surface area contributed by atoms with E-state index in [1.165, 1.54) is 11.4 Å². The Bertz CT molecular complexity index is 834. The van der Waals surface area contributed by atoms with E-state index >= 15 is 0 Å². The van der Waals surface area contributed by atoms with Crippen LogP contribution in [0.3, 0.4) is 0 Å². The highest BCUT2D eigenvalue weighted by Gasteiger charge is 2.18. The average molecular weight is 391 g/mol. The van der Waals surface area contributed by atoms with Crippen molar-refractivity contribution in [3.63, 3.8) is 0 Å². The molecule has 0 aliphatic carbocycles. The van der Waals surface area contributed by atoms with E-state index in [0.29, 0.717) is 11.4 Å². The molecule has 2 aromatic rings. The molecular weight excluding hydrogens is 364 g/mol. The van der Waals surface area contributed by atoms with Crippen molar-refractivity contribution in [3.8, 4) is 5.75 Å². The van der Waals surface area contributed by atoms with Gasteiger partial charge in [-0.15, -0.1) is 0 Å². The lowest BCUT2D eigenvalue weighted by Crippen LogP contribution is -2.36. The first-order valence-electron chi connectivity index (χ1n) is 8.82. The van der Waals surface area contributed by atoms with Crippen LogP contribution in [-0.2, 0) is 21.2 Å². The highest BCUT2D eigenvalue weighted by molar-refractivity contribution is 7.92. The van der Waals surface area contributed by atoms with Crippen LogP contribution in [0.5, 0.6) is 5.75 Å². The van der Waals surface area contributed by atoms with Crippen molar-refractivity contribution < 1.29 is 17.9 Å². The summed E-state index contributed by atoms with van der Waals surface area (Å²) in [7, 11) is -2.04. The largest absolute Gasteiger partial charge is 0.491 e. The van der Waals surface area contributed by atoms with Gasteiger partial charge in [0, 0.05) is 13.6 Å². The Kier molecular flexibility index (Phi) is 7.24. The van der Waals surface area contributed by atoms with Gasteiger partial charge in [-0.2, -0.15) is 0 Å². The summed E-state index contributed by atoms with van der Waals surface area (Å²) in [5, 5.41) is 2.66. The van der Waals surface area contributed by atoms with Gasteiger partial charge in [-0.1, -0.05) is 30.3 Å². The number of amides is 1. The lowest BCUT2D eigenvalue weighted by Gasteiger charge is -2.20. The maximum Gasteiger partial charge on any atom is 0.236 e. The summed E-state index contributed by atoms with van der Waals surface area (Å²) in [4.78, 5) is 11.9. The Morgan fingerprint density at radius 1 is 1.07 bits per heavy atom. The fourth-order valence-electron chi connectivity index (χ4n) is 2.47. The van der Waals surface area contributed by atoms with Crippen molar-refractivity contribution in [2.75, 3.05) is 23.7 Å². The molecule has 0 heterocycles. The first-order valence-corrected chi connectivity index (χ1v) is 10.4. The molecule has 1 N–H and O–H groups in total. The van der Waals surface area contributed by atoms with Gasteiger partial charge in [0.2, 0.25) is 15.9 Å². The molecule has 0 aromatic heterocycles. The van der Waals surface area contributed by atoms with E-state index in [1.54, 1.807) is 24.3 Å². The summed E-state index contributed by atoms with van der Waals surface area (Å²) < 4.78 is 31.7. The summed E-state index contributed by atoms with van der Waals surface area (Å²) in [6.45, 7) is 3.92. The molecule has 0 spiro atoms. The second-order valence-electron chi connectivity index (χ2n) is 6.46. The molecule has 6 nitrogen and oxygen atoms in total. The number of nitrogens with one attached hydrogen (secondary N) is 1. The third-order valence-electron chi connectivity index (χ3n) is 3.88. The van der Waals surface area contributed by atoms with Crippen LogP contribution >= 0.6 is 0 Å². The second-order valence-corrected chi connectivity index (χ2v) is 8.58. The number of hydrogen-bond donors (Lipinski definition) is 1. The summed E-state index contributed by atoms with van der Waals surface area (Å²) in [6.07, 6.45) is 0.283. The summed E-state index contributed by atoms with van der Waals surface area (Å²) in [6, 6.07) is 16.2. The molecule has 0 radical (unpaired) electrons. The number of benzene rings is 2. The van der Waals surface area contributed by atoms with E-state index < -0.39 is 10.0 Å². The minimum absolute atomic E-state index is 0.0526. The number of carbonyl (C=O) groups is 1. The highest BCUT2D eigenvalue weighted by Crippen LogP contribution is 2.21. The van der Waals surface area contributed by atoms with Crippen molar-refractivity contribution in [3.05, 3.63) is 60.2 Å². The van der Waals surface area contributed by atoms with Crippen molar-refractivity contribution in [2.24, 2.45) is 0 Å². The van der Waals surface area contributed by atoms with Crippen molar-refractivity contribution in [2.45, 2.75) is 26.4 Å². The Hall–Kier alpha value is -2.54. The quantitative estimate of drug-likeness (QED) is 0.714. The van der Waals surface area contributed by atoms with E-state index in [-0.39, 0.29) is 30.7 Å². The first-order chi connectivity index (χ1) is 12.8. The highest BCUT2D eigenvalue weighted by atomic mass is 32.2. The number of hydrogen-bond acceptors (Lipinski definition) is 4. The van der Waals surface area contributed by atoms with Gasteiger partial charge in [-0.25, -0.2) is 8.42 Å². The van der Waals surface area contributed by atoms with E-state index in [1.807, 2.05) is 44.2 Å². The maximum absolute atomic E-state index is 12.5. The fourth-order valence-corrected chi connectivity index (χ4v) is 3.54. The van der Waals surface area contributed by atoms with Gasteiger partial charge in [0.25, 0.3) is 0 Å². The van der Waals surface area contributed by atoms with Crippen molar-refractivity contribution >= 4 is 21.6 Å². The third-order valence-corrected chi connectivity index (χ3v) is 5.64. The third kappa shape index (κ3) is 6.60. The van der Waals surface area contributed by atoms with Gasteiger partial charge >= 0.3 is 0 Å². The molecule has 27 heavy (non-hydrogen) atoms. The predicted octanol–water partition coefficient (Wildman–Crippen LogP) is 2.60. The smallest absolute Gasteiger partial charge is 0.236 e. The van der Waals surface area contributed by atoms with Gasteiger partial charge in [0.05, 0.1) is 24.0 Å². The molecule has 0 atom stereocenters. The zero-order valence-electron chi connectivity index (χ0n) is 15.9. The lowest BCUT2D eigenvalue weighted by molar-refractivity contribution is -0.120. The van der Waals surface area contributed by atoms with Crippen LogP contribution in [0.2, 0.25) is 0 Å². The molecule has 0 bridgehead atoms. The van der Waals surface area contributed by atoms with E-state index in [9.17, 15) is 13.2 Å². The number of ether oxygens (including phenoxy) is 1. The van der Waals surface area contributed by atoms with Gasteiger partial charge in [-0.05, 0) is 43.7 Å². The summed E-state index contributed by atoms with van der Waals surface area (Å²) in [5.41, 5.74) is 1.43.